The highest BCUT2D eigenvalue weighted by Gasteiger charge is 2.36. The molecule has 1 heterocycles. The lowest BCUT2D eigenvalue weighted by atomic mass is 10.2. The van der Waals surface area contributed by atoms with Crippen molar-refractivity contribution >= 4 is 11.8 Å². The number of imide groups is 1. The Bertz CT molecular complexity index is 340. The fourth-order valence-corrected chi connectivity index (χ4v) is 3.12. The molecular formula is C14H25N3O2. The predicted octanol–water partition coefficient (Wildman–Crippen LogP) is 0.598. The van der Waals surface area contributed by atoms with Crippen LogP contribution in [0.1, 0.15) is 39.0 Å². The molecule has 108 valence electrons. The average molecular weight is 267 g/mol. The van der Waals surface area contributed by atoms with Gasteiger partial charge in [0.25, 0.3) is 0 Å². The molecular weight excluding hydrogens is 242 g/mol. The normalized spacial score (nSPS) is 25.0. The van der Waals surface area contributed by atoms with E-state index in [1.807, 2.05) is 6.92 Å². The van der Waals surface area contributed by atoms with Crippen LogP contribution in [0.5, 0.6) is 0 Å². The molecule has 5 nitrogen and oxygen atoms in total. The van der Waals surface area contributed by atoms with Gasteiger partial charge in [-0.2, -0.15) is 0 Å². The Morgan fingerprint density at radius 3 is 2.58 bits per heavy atom. The topological polar surface area (TPSA) is 52.7 Å². The zero-order chi connectivity index (χ0) is 13.8. The first-order valence-electron chi connectivity index (χ1n) is 7.41. The maximum Gasteiger partial charge on any atom is 0.246 e. The van der Waals surface area contributed by atoms with Gasteiger partial charge in [0.1, 0.15) is 0 Å². The molecule has 0 radical (unpaired) electrons. The number of likely N-dealkylation sites (tertiary alicyclic amines) is 1. The standard InChI is InChI=1S/C14H25N3O2/c1-3-17-13(18)10-12(14(17)19)15-8-9-16(2)11-6-4-5-7-11/h11-12,15H,3-10H2,1-2H3. The van der Waals surface area contributed by atoms with Gasteiger partial charge in [0.2, 0.25) is 11.8 Å². The number of carbonyl (C=O) groups excluding carboxylic acids is 2. The van der Waals surface area contributed by atoms with Crippen LogP contribution in [-0.2, 0) is 9.59 Å². The van der Waals surface area contributed by atoms with Crippen molar-refractivity contribution < 1.29 is 9.59 Å². The van der Waals surface area contributed by atoms with Gasteiger partial charge >= 0.3 is 0 Å². The van der Waals surface area contributed by atoms with Gasteiger partial charge in [-0.05, 0) is 26.8 Å². The number of carbonyl (C=O) groups is 2. The first-order chi connectivity index (χ1) is 9.13. The van der Waals surface area contributed by atoms with E-state index in [1.165, 1.54) is 30.6 Å². The van der Waals surface area contributed by atoms with Crippen molar-refractivity contribution in [3.63, 3.8) is 0 Å². The molecule has 0 aromatic rings. The first-order valence-corrected chi connectivity index (χ1v) is 7.41. The zero-order valence-corrected chi connectivity index (χ0v) is 12.0. The van der Waals surface area contributed by atoms with E-state index >= 15 is 0 Å². The van der Waals surface area contributed by atoms with Crippen molar-refractivity contribution in [2.45, 2.75) is 51.1 Å². The summed E-state index contributed by atoms with van der Waals surface area (Å²) in [6.45, 7) is 4.03. The quantitative estimate of drug-likeness (QED) is 0.716. The van der Waals surface area contributed by atoms with Gasteiger partial charge in [0.05, 0.1) is 12.5 Å². The van der Waals surface area contributed by atoms with Crippen molar-refractivity contribution in [1.29, 1.82) is 0 Å². The molecule has 0 aromatic heterocycles. The van der Waals surface area contributed by atoms with E-state index in [2.05, 4.69) is 17.3 Å². The molecule has 2 rings (SSSR count). The van der Waals surface area contributed by atoms with Crippen LogP contribution in [0, 0.1) is 0 Å². The number of likely N-dealkylation sites (N-methyl/N-ethyl adjacent to an activating group) is 2. The molecule has 1 unspecified atom stereocenters. The van der Waals surface area contributed by atoms with Crippen molar-refractivity contribution in [3.8, 4) is 0 Å². The Balaban J connectivity index is 1.71. The van der Waals surface area contributed by atoms with Crippen LogP contribution in [0.4, 0.5) is 0 Å². The minimum atomic E-state index is -0.301. The molecule has 1 aliphatic carbocycles. The minimum Gasteiger partial charge on any atom is -0.304 e. The Hall–Kier alpha value is -0.940. The molecule has 0 aromatic carbocycles. The molecule has 0 spiro atoms. The van der Waals surface area contributed by atoms with Gasteiger partial charge in [-0.15, -0.1) is 0 Å². The molecule has 1 N–H and O–H groups in total. The van der Waals surface area contributed by atoms with Crippen LogP contribution in [0.25, 0.3) is 0 Å². The van der Waals surface area contributed by atoms with Crippen LogP contribution in [-0.4, -0.2) is 60.4 Å². The lowest BCUT2D eigenvalue weighted by Gasteiger charge is -2.24. The second kappa shape index (κ2) is 6.48. The van der Waals surface area contributed by atoms with Crippen LogP contribution >= 0.6 is 0 Å². The van der Waals surface area contributed by atoms with Gasteiger partial charge in [0, 0.05) is 25.7 Å². The zero-order valence-electron chi connectivity index (χ0n) is 12.0. The van der Waals surface area contributed by atoms with Crippen LogP contribution < -0.4 is 5.32 Å². The van der Waals surface area contributed by atoms with Crippen molar-refractivity contribution in [1.82, 2.24) is 15.1 Å². The highest BCUT2D eigenvalue weighted by Crippen LogP contribution is 2.21. The lowest BCUT2D eigenvalue weighted by Crippen LogP contribution is -2.42. The molecule has 2 fully saturated rings. The highest BCUT2D eigenvalue weighted by atomic mass is 16.2. The Labute approximate surface area is 115 Å². The SMILES string of the molecule is CCN1C(=O)CC(NCCN(C)C2CCCC2)C1=O. The predicted molar refractivity (Wildman–Crippen MR) is 73.7 cm³/mol. The molecule has 2 aliphatic rings. The third-order valence-corrected chi connectivity index (χ3v) is 4.36. The fraction of sp³-hybridized carbons (Fsp3) is 0.857. The Kier molecular flexibility index (Phi) is 4.93. The van der Waals surface area contributed by atoms with Gasteiger partial charge in [0.15, 0.2) is 0 Å². The summed E-state index contributed by atoms with van der Waals surface area (Å²) in [6, 6.07) is 0.402. The van der Waals surface area contributed by atoms with E-state index in [4.69, 9.17) is 0 Å². The van der Waals surface area contributed by atoms with E-state index in [-0.39, 0.29) is 17.9 Å². The second-order valence-corrected chi connectivity index (χ2v) is 5.61. The van der Waals surface area contributed by atoms with Gasteiger partial charge in [-0.25, -0.2) is 0 Å². The van der Waals surface area contributed by atoms with Crippen molar-refractivity contribution in [2.75, 3.05) is 26.7 Å². The molecule has 2 amide bonds. The summed E-state index contributed by atoms with van der Waals surface area (Å²) in [7, 11) is 2.15. The number of rotatable bonds is 6. The summed E-state index contributed by atoms with van der Waals surface area (Å²) in [4.78, 5) is 27.2. The van der Waals surface area contributed by atoms with Gasteiger partial charge in [-0.3, -0.25) is 14.5 Å². The number of hydrogen-bond acceptors (Lipinski definition) is 4. The van der Waals surface area contributed by atoms with Crippen LogP contribution in [0.3, 0.4) is 0 Å². The van der Waals surface area contributed by atoms with E-state index < -0.39 is 0 Å². The van der Waals surface area contributed by atoms with E-state index in [0.29, 0.717) is 19.0 Å². The number of nitrogens with one attached hydrogen (secondary N) is 1. The molecule has 19 heavy (non-hydrogen) atoms. The number of amides is 2. The summed E-state index contributed by atoms with van der Waals surface area (Å²) in [6.07, 6.45) is 5.58. The Morgan fingerprint density at radius 1 is 1.32 bits per heavy atom. The third kappa shape index (κ3) is 3.34. The molecule has 5 heteroatoms. The second-order valence-electron chi connectivity index (χ2n) is 5.61. The molecule has 1 saturated heterocycles. The summed E-state index contributed by atoms with van der Waals surface area (Å²) >= 11 is 0. The minimum absolute atomic E-state index is 0.0471. The average Bonchev–Trinajstić information content (AvgIpc) is 2.99. The monoisotopic (exact) mass is 267 g/mol. The third-order valence-electron chi connectivity index (χ3n) is 4.36. The van der Waals surface area contributed by atoms with E-state index in [0.717, 1.165) is 13.1 Å². The van der Waals surface area contributed by atoms with Crippen molar-refractivity contribution in [3.05, 3.63) is 0 Å². The molecule has 1 saturated carbocycles. The number of nitrogens with zero attached hydrogens (tertiary/aromatic N) is 2. The lowest BCUT2D eigenvalue weighted by molar-refractivity contribution is -0.138. The van der Waals surface area contributed by atoms with Crippen molar-refractivity contribution in [2.24, 2.45) is 0 Å². The molecule has 0 bridgehead atoms. The van der Waals surface area contributed by atoms with Gasteiger partial charge < -0.3 is 10.2 Å². The number of hydrogen-bond donors (Lipinski definition) is 1. The Morgan fingerprint density at radius 2 is 2.00 bits per heavy atom. The maximum absolute atomic E-state index is 11.9. The first kappa shape index (κ1) is 14.5. The van der Waals surface area contributed by atoms with Gasteiger partial charge in [-0.1, -0.05) is 12.8 Å². The van der Waals surface area contributed by atoms with Crippen LogP contribution in [0.15, 0.2) is 0 Å². The summed E-state index contributed by atoms with van der Waals surface area (Å²) < 4.78 is 0. The molecule has 1 aliphatic heterocycles. The largest absolute Gasteiger partial charge is 0.304 e. The summed E-state index contributed by atoms with van der Waals surface area (Å²) in [5, 5.41) is 3.23. The highest BCUT2D eigenvalue weighted by molar-refractivity contribution is 6.05. The van der Waals surface area contributed by atoms with E-state index in [9.17, 15) is 9.59 Å². The van der Waals surface area contributed by atoms with E-state index in [1.54, 1.807) is 0 Å². The maximum atomic E-state index is 11.9. The fourth-order valence-electron chi connectivity index (χ4n) is 3.12. The smallest absolute Gasteiger partial charge is 0.246 e. The summed E-state index contributed by atoms with van der Waals surface area (Å²) in [5.74, 6) is -0.106. The van der Waals surface area contributed by atoms with Crippen LogP contribution in [0.2, 0.25) is 0 Å². The molecule has 1 atom stereocenters. The summed E-state index contributed by atoms with van der Waals surface area (Å²) in [5.41, 5.74) is 0.